The second-order valence-corrected chi connectivity index (χ2v) is 7.28. The molecular formula is C17H26BrClN4O2. The highest BCUT2D eigenvalue weighted by atomic mass is 79.9. The molecule has 2 atom stereocenters. The van der Waals surface area contributed by atoms with Crippen molar-refractivity contribution in [3.8, 4) is 0 Å². The second kappa shape index (κ2) is 10.1. The zero-order valence-electron chi connectivity index (χ0n) is 14.6. The molecule has 1 fully saturated rings. The normalized spacial score (nSPS) is 17.4. The summed E-state index contributed by atoms with van der Waals surface area (Å²) in [5.41, 5.74) is 6.03. The van der Waals surface area contributed by atoms with Crippen molar-refractivity contribution in [2.24, 2.45) is 17.6 Å². The maximum atomic E-state index is 12.4. The van der Waals surface area contributed by atoms with Gasteiger partial charge in [0.05, 0.1) is 6.04 Å². The molecule has 0 saturated carbocycles. The lowest BCUT2D eigenvalue weighted by Gasteiger charge is -2.34. The molecule has 0 aliphatic carbocycles. The average molecular weight is 434 g/mol. The van der Waals surface area contributed by atoms with Gasteiger partial charge in [0.25, 0.3) is 0 Å². The van der Waals surface area contributed by atoms with E-state index in [4.69, 9.17) is 5.73 Å². The van der Waals surface area contributed by atoms with E-state index in [0.717, 1.165) is 10.9 Å². The monoisotopic (exact) mass is 432 g/mol. The number of likely N-dealkylation sites (tertiary alicyclic amines) is 1. The number of aromatic nitrogens is 1. The number of carbonyl (C=O) groups excluding carboxylic acids is 2. The number of anilines is 1. The van der Waals surface area contributed by atoms with Crippen molar-refractivity contribution in [3.05, 3.63) is 22.8 Å². The molecule has 140 valence electrons. The summed E-state index contributed by atoms with van der Waals surface area (Å²) in [6, 6.07) is 3.14. The first-order valence-corrected chi connectivity index (χ1v) is 9.18. The van der Waals surface area contributed by atoms with Crippen molar-refractivity contribution in [2.75, 3.05) is 18.4 Å². The third-order valence-corrected chi connectivity index (χ3v) is 5.17. The predicted octanol–water partition coefficient (Wildman–Crippen LogP) is 2.82. The van der Waals surface area contributed by atoms with Crippen molar-refractivity contribution in [1.29, 1.82) is 0 Å². The van der Waals surface area contributed by atoms with E-state index in [1.165, 1.54) is 0 Å². The lowest BCUT2D eigenvalue weighted by Crippen LogP contribution is -2.50. The molecule has 2 rings (SSSR count). The average Bonchev–Trinajstić information content (AvgIpc) is 2.61. The summed E-state index contributed by atoms with van der Waals surface area (Å²) >= 11 is 3.31. The number of rotatable bonds is 5. The molecule has 2 heterocycles. The van der Waals surface area contributed by atoms with Crippen LogP contribution in [0.5, 0.6) is 0 Å². The fraction of sp³-hybridized carbons (Fsp3) is 0.588. The van der Waals surface area contributed by atoms with E-state index in [1.54, 1.807) is 17.2 Å². The number of nitrogens with one attached hydrogen (secondary N) is 1. The first-order valence-electron chi connectivity index (χ1n) is 8.39. The van der Waals surface area contributed by atoms with Gasteiger partial charge < -0.3 is 16.0 Å². The van der Waals surface area contributed by atoms with Crippen LogP contribution in [0.2, 0.25) is 0 Å². The van der Waals surface area contributed by atoms with Crippen LogP contribution < -0.4 is 11.1 Å². The van der Waals surface area contributed by atoms with Gasteiger partial charge in [-0.2, -0.15) is 0 Å². The Morgan fingerprint density at radius 3 is 2.56 bits per heavy atom. The van der Waals surface area contributed by atoms with E-state index in [2.05, 4.69) is 26.2 Å². The van der Waals surface area contributed by atoms with Crippen LogP contribution in [0.1, 0.15) is 33.1 Å². The Morgan fingerprint density at radius 2 is 2.04 bits per heavy atom. The minimum absolute atomic E-state index is 0. The zero-order valence-corrected chi connectivity index (χ0v) is 17.0. The van der Waals surface area contributed by atoms with Gasteiger partial charge in [-0.05, 0) is 46.8 Å². The summed E-state index contributed by atoms with van der Waals surface area (Å²) in [7, 11) is 0. The van der Waals surface area contributed by atoms with Crippen molar-refractivity contribution >= 4 is 46.0 Å². The first-order chi connectivity index (χ1) is 11.4. The van der Waals surface area contributed by atoms with Crippen LogP contribution in [0.4, 0.5) is 5.82 Å². The minimum Gasteiger partial charge on any atom is -0.341 e. The van der Waals surface area contributed by atoms with Gasteiger partial charge in [0.2, 0.25) is 11.8 Å². The molecule has 8 heteroatoms. The predicted molar refractivity (Wildman–Crippen MR) is 105 cm³/mol. The summed E-state index contributed by atoms with van der Waals surface area (Å²) in [6.07, 6.45) is 3.84. The number of hydrogen-bond acceptors (Lipinski definition) is 4. The standard InChI is InChI=1S/C17H25BrN4O2.ClH/c1-3-11(2)15(19)17(24)22-8-6-12(7-9-22)16(23)21-14-5-4-13(18)10-20-14;/h4-5,10-12,15H,3,6-9,19H2,1-2H3,(H,20,21,23);1H. The van der Waals surface area contributed by atoms with Crippen molar-refractivity contribution < 1.29 is 9.59 Å². The van der Waals surface area contributed by atoms with Gasteiger partial charge in [0.1, 0.15) is 5.82 Å². The highest BCUT2D eigenvalue weighted by Gasteiger charge is 2.31. The van der Waals surface area contributed by atoms with Crippen LogP contribution in [0.25, 0.3) is 0 Å². The van der Waals surface area contributed by atoms with Crippen molar-refractivity contribution in [2.45, 2.75) is 39.2 Å². The van der Waals surface area contributed by atoms with Gasteiger partial charge in [-0.15, -0.1) is 12.4 Å². The largest absolute Gasteiger partial charge is 0.341 e. The van der Waals surface area contributed by atoms with Crippen LogP contribution in [0.15, 0.2) is 22.8 Å². The van der Waals surface area contributed by atoms with E-state index in [0.29, 0.717) is 31.7 Å². The molecule has 25 heavy (non-hydrogen) atoms. The van der Waals surface area contributed by atoms with Gasteiger partial charge in [0, 0.05) is 29.7 Å². The van der Waals surface area contributed by atoms with Crippen LogP contribution in [0, 0.1) is 11.8 Å². The Labute approximate surface area is 163 Å². The number of halogens is 2. The van der Waals surface area contributed by atoms with E-state index < -0.39 is 6.04 Å². The Kier molecular flexibility index (Phi) is 8.82. The highest BCUT2D eigenvalue weighted by Crippen LogP contribution is 2.21. The second-order valence-electron chi connectivity index (χ2n) is 6.36. The fourth-order valence-corrected chi connectivity index (χ4v) is 2.98. The Morgan fingerprint density at radius 1 is 1.40 bits per heavy atom. The smallest absolute Gasteiger partial charge is 0.239 e. The third-order valence-electron chi connectivity index (χ3n) is 4.70. The number of pyridine rings is 1. The molecular weight excluding hydrogens is 408 g/mol. The van der Waals surface area contributed by atoms with Crippen LogP contribution in [-0.4, -0.2) is 40.8 Å². The van der Waals surface area contributed by atoms with E-state index in [9.17, 15) is 9.59 Å². The SMILES string of the molecule is CCC(C)C(N)C(=O)N1CCC(C(=O)Nc2ccc(Br)cn2)CC1.Cl. The molecule has 3 N–H and O–H groups in total. The summed E-state index contributed by atoms with van der Waals surface area (Å²) < 4.78 is 0.866. The van der Waals surface area contributed by atoms with Crippen molar-refractivity contribution in [3.63, 3.8) is 0 Å². The fourth-order valence-electron chi connectivity index (χ4n) is 2.75. The number of nitrogens with two attached hydrogens (primary N) is 1. The molecule has 1 aliphatic rings. The van der Waals surface area contributed by atoms with E-state index >= 15 is 0 Å². The molecule has 1 aromatic heterocycles. The summed E-state index contributed by atoms with van der Waals surface area (Å²) in [6.45, 7) is 5.18. The molecule has 1 aliphatic heterocycles. The van der Waals surface area contributed by atoms with Crippen LogP contribution >= 0.6 is 28.3 Å². The number of carbonyl (C=O) groups is 2. The molecule has 2 amide bonds. The van der Waals surface area contributed by atoms with Crippen molar-refractivity contribution in [1.82, 2.24) is 9.88 Å². The number of amides is 2. The zero-order chi connectivity index (χ0) is 17.7. The van der Waals surface area contributed by atoms with Gasteiger partial charge in [-0.1, -0.05) is 20.3 Å². The molecule has 0 spiro atoms. The van der Waals surface area contributed by atoms with Crippen LogP contribution in [-0.2, 0) is 9.59 Å². The minimum atomic E-state index is -0.452. The highest BCUT2D eigenvalue weighted by molar-refractivity contribution is 9.10. The summed E-state index contributed by atoms with van der Waals surface area (Å²) in [5.74, 6) is 0.572. The maximum Gasteiger partial charge on any atom is 0.239 e. The first kappa shape index (κ1) is 21.9. The number of hydrogen-bond donors (Lipinski definition) is 2. The van der Waals surface area contributed by atoms with Crippen LogP contribution in [0.3, 0.4) is 0 Å². The molecule has 1 aromatic rings. The number of nitrogens with zero attached hydrogens (tertiary/aromatic N) is 2. The van der Waals surface area contributed by atoms with Gasteiger partial charge >= 0.3 is 0 Å². The summed E-state index contributed by atoms with van der Waals surface area (Å²) in [4.78, 5) is 30.6. The van der Waals surface area contributed by atoms with Gasteiger partial charge in [-0.3, -0.25) is 9.59 Å². The van der Waals surface area contributed by atoms with E-state index in [-0.39, 0.29) is 36.1 Å². The molecule has 0 aromatic carbocycles. The van der Waals surface area contributed by atoms with Gasteiger partial charge in [-0.25, -0.2) is 4.98 Å². The summed E-state index contributed by atoms with van der Waals surface area (Å²) in [5, 5.41) is 2.83. The maximum absolute atomic E-state index is 12.4. The molecule has 0 bridgehead atoms. The molecule has 2 unspecified atom stereocenters. The molecule has 0 radical (unpaired) electrons. The molecule has 1 saturated heterocycles. The third kappa shape index (κ3) is 5.94. The Balaban J connectivity index is 0.00000312. The number of piperidine rings is 1. The lowest BCUT2D eigenvalue weighted by atomic mass is 9.93. The topological polar surface area (TPSA) is 88.3 Å². The Bertz CT molecular complexity index is 577. The van der Waals surface area contributed by atoms with Gasteiger partial charge in [0.15, 0.2) is 0 Å². The quantitative estimate of drug-likeness (QED) is 0.747. The molecule has 6 nitrogen and oxygen atoms in total. The Hall–Kier alpha value is -1.18. The van der Waals surface area contributed by atoms with E-state index in [1.807, 2.05) is 19.9 Å². The lowest BCUT2D eigenvalue weighted by molar-refractivity contribution is -0.136.